The molecular formula is C30H31FN4O3. The number of fused-ring (bicyclic) bond motifs is 1. The lowest BCUT2D eigenvalue weighted by Gasteiger charge is -2.35. The Kier molecular flexibility index (Phi) is 7.24. The van der Waals surface area contributed by atoms with Crippen molar-refractivity contribution in [3.8, 4) is 22.4 Å². The van der Waals surface area contributed by atoms with Crippen molar-refractivity contribution in [2.75, 3.05) is 13.2 Å². The smallest absolute Gasteiger partial charge is 0.410 e. The number of aromatic nitrogens is 3. The molecule has 0 saturated carbocycles. The van der Waals surface area contributed by atoms with Crippen molar-refractivity contribution < 1.29 is 18.7 Å². The molecule has 0 aliphatic carbocycles. The minimum absolute atomic E-state index is 0.246. The Bertz CT molecular complexity index is 1380. The van der Waals surface area contributed by atoms with Gasteiger partial charge in [0, 0.05) is 30.1 Å². The summed E-state index contributed by atoms with van der Waals surface area (Å²) >= 11 is 0. The van der Waals surface area contributed by atoms with E-state index in [1.54, 1.807) is 29.4 Å². The Morgan fingerprint density at radius 1 is 1.00 bits per heavy atom. The number of carbonyl (C=O) groups excluding carboxylic acids is 1. The lowest BCUT2D eigenvalue weighted by molar-refractivity contribution is 0.00668. The fourth-order valence-electron chi connectivity index (χ4n) is 4.61. The van der Waals surface area contributed by atoms with Gasteiger partial charge in [-0.25, -0.2) is 9.18 Å². The Morgan fingerprint density at radius 3 is 2.39 bits per heavy atom. The van der Waals surface area contributed by atoms with Crippen molar-refractivity contribution in [2.45, 2.75) is 45.6 Å². The van der Waals surface area contributed by atoms with Gasteiger partial charge in [-0.05, 0) is 68.3 Å². The van der Waals surface area contributed by atoms with Crippen molar-refractivity contribution >= 4 is 6.09 Å². The molecule has 38 heavy (non-hydrogen) atoms. The van der Waals surface area contributed by atoms with Crippen LogP contribution in [0, 0.1) is 5.82 Å². The molecule has 8 heteroatoms. The van der Waals surface area contributed by atoms with Crippen molar-refractivity contribution in [2.24, 2.45) is 0 Å². The number of nitrogens with zero attached hydrogens (tertiary/aromatic N) is 4. The Morgan fingerprint density at radius 2 is 1.71 bits per heavy atom. The second-order valence-corrected chi connectivity index (χ2v) is 10.4. The number of benzene rings is 2. The third-order valence-corrected chi connectivity index (χ3v) is 6.29. The van der Waals surface area contributed by atoms with Crippen molar-refractivity contribution in [3.05, 3.63) is 96.2 Å². The van der Waals surface area contributed by atoms with E-state index in [4.69, 9.17) is 14.6 Å². The summed E-state index contributed by atoms with van der Waals surface area (Å²) in [6.45, 7) is 7.06. The maximum absolute atomic E-state index is 13.8. The van der Waals surface area contributed by atoms with E-state index >= 15 is 0 Å². The number of halogens is 1. The van der Waals surface area contributed by atoms with Gasteiger partial charge in [0.05, 0.1) is 31.5 Å². The maximum Gasteiger partial charge on any atom is 0.410 e. The molecule has 4 aromatic rings. The summed E-state index contributed by atoms with van der Waals surface area (Å²) in [5, 5.41) is 5.02. The van der Waals surface area contributed by atoms with Crippen LogP contribution < -0.4 is 0 Å². The first kappa shape index (κ1) is 25.6. The third-order valence-electron chi connectivity index (χ3n) is 6.29. The fourth-order valence-corrected chi connectivity index (χ4v) is 4.61. The number of amides is 1. The molecule has 0 unspecified atom stereocenters. The van der Waals surface area contributed by atoms with Gasteiger partial charge in [0.15, 0.2) is 0 Å². The second kappa shape index (κ2) is 10.8. The second-order valence-electron chi connectivity index (χ2n) is 10.4. The molecule has 2 aromatic carbocycles. The van der Waals surface area contributed by atoms with E-state index in [1.165, 1.54) is 12.1 Å². The van der Waals surface area contributed by atoms with Crippen LogP contribution in [0.2, 0.25) is 0 Å². The van der Waals surface area contributed by atoms with Gasteiger partial charge in [0.25, 0.3) is 0 Å². The van der Waals surface area contributed by atoms with E-state index in [0.29, 0.717) is 32.0 Å². The van der Waals surface area contributed by atoms with Gasteiger partial charge in [-0.1, -0.05) is 30.3 Å². The average molecular weight is 515 g/mol. The number of hydrogen-bond donors (Lipinski definition) is 0. The van der Waals surface area contributed by atoms with Gasteiger partial charge in [-0.15, -0.1) is 0 Å². The molecule has 0 N–H and O–H groups in total. The van der Waals surface area contributed by atoms with Crippen LogP contribution in [0.15, 0.2) is 79.1 Å². The zero-order valence-corrected chi connectivity index (χ0v) is 21.8. The number of carbonyl (C=O) groups is 1. The third kappa shape index (κ3) is 5.75. The highest BCUT2D eigenvalue weighted by Crippen LogP contribution is 2.39. The molecule has 0 bridgehead atoms. The Hall–Kier alpha value is -4.04. The van der Waals surface area contributed by atoms with Crippen molar-refractivity contribution in [1.82, 2.24) is 19.7 Å². The number of hydrogen-bond acceptors (Lipinski definition) is 5. The minimum atomic E-state index is -0.624. The molecule has 3 heterocycles. The molecule has 0 spiro atoms. The van der Waals surface area contributed by atoms with Crippen LogP contribution in [0.3, 0.4) is 0 Å². The van der Waals surface area contributed by atoms with E-state index in [9.17, 15) is 9.18 Å². The van der Waals surface area contributed by atoms with Crippen LogP contribution >= 0.6 is 0 Å². The molecule has 2 aromatic heterocycles. The highest BCUT2D eigenvalue weighted by molar-refractivity contribution is 5.83. The van der Waals surface area contributed by atoms with Gasteiger partial charge in [0.1, 0.15) is 17.1 Å². The molecular weight excluding hydrogens is 483 g/mol. The molecule has 196 valence electrons. The normalized spacial score (nSPS) is 15.3. The van der Waals surface area contributed by atoms with Crippen LogP contribution in [-0.4, -0.2) is 44.5 Å². The highest BCUT2D eigenvalue weighted by Gasteiger charge is 2.35. The van der Waals surface area contributed by atoms with Crippen LogP contribution in [-0.2, 0) is 22.6 Å². The summed E-state index contributed by atoms with van der Waals surface area (Å²) in [4.78, 5) is 19.1. The summed E-state index contributed by atoms with van der Waals surface area (Å²) in [7, 11) is 0. The molecule has 1 atom stereocenters. The zero-order valence-electron chi connectivity index (χ0n) is 21.8. The summed E-state index contributed by atoms with van der Waals surface area (Å²) in [6, 6.07) is 19.8. The van der Waals surface area contributed by atoms with E-state index in [2.05, 4.69) is 4.98 Å². The van der Waals surface area contributed by atoms with Gasteiger partial charge >= 0.3 is 6.09 Å². The van der Waals surface area contributed by atoms with Crippen molar-refractivity contribution in [3.63, 3.8) is 0 Å². The van der Waals surface area contributed by atoms with Crippen LogP contribution in [0.25, 0.3) is 22.4 Å². The SMILES string of the molecule is CC(C)(C)OC(=O)N1Cc2c(-c3ccncc3)c(-c3ccc(F)cc3)nn2[C@@H](COCc2ccccc2)C1. The zero-order chi connectivity index (χ0) is 26.7. The van der Waals surface area contributed by atoms with Crippen LogP contribution in [0.5, 0.6) is 0 Å². The first-order chi connectivity index (χ1) is 18.3. The predicted octanol–water partition coefficient (Wildman–Crippen LogP) is 6.26. The number of rotatable bonds is 6. The van der Waals surface area contributed by atoms with Gasteiger partial charge in [0.2, 0.25) is 0 Å². The topological polar surface area (TPSA) is 69.5 Å². The van der Waals surface area contributed by atoms with Crippen LogP contribution in [0.4, 0.5) is 9.18 Å². The largest absolute Gasteiger partial charge is 0.444 e. The summed E-state index contributed by atoms with van der Waals surface area (Å²) in [5.41, 5.74) is 4.59. The average Bonchev–Trinajstić information content (AvgIpc) is 3.29. The monoisotopic (exact) mass is 514 g/mol. The first-order valence-electron chi connectivity index (χ1n) is 12.7. The fraction of sp³-hybridized carbons (Fsp3) is 0.300. The summed E-state index contributed by atoms with van der Waals surface area (Å²) < 4.78 is 27.6. The molecule has 1 aliphatic rings. The lowest BCUT2D eigenvalue weighted by atomic mass is 9.98. The predicted molar refractivity (Wildman–Crippen MR) is 143 cm³/mol. The summed E-state index contributed by atoms with van der Waals surface area (Å²) in [6.07, 6.45) is 3.06. The Balaban J connectivity index is 1.56. The number of ether oxygens (including phenoxy) is 2. The molecule has 0 radical (unpaired) electrons. The van der Waals surface area contributed by atoms with E-state index < -0.39 is 5.60 Å². The number of pyridine rings is 1. The molecule has 1 aliphatic heterocycles. The summed E-state index contributed by atoms with van der Waals surface area (Å²) in [5.74, 6) is -0.313. The van der Waals surface area contributed by atoms with Gasteiger partial charge < -0.3 is 14.4 Å². The van der Waals surface area contributed by atoms with E-state index in [1.807, 2.05) is 67.9 Å². The van der Waals surface area contributed by atoms with Crippen LogP contribution in [0.1, 0.15) is 38.1 Å². The first-order valence-corrected chi connectivity index (χ1v) is 12.7. The van der Waals surface area contributed by atoms with Gasteiger partial charge in [-0.3, -0.25) is 9.67 Å². The molecule has 0 saturated heterocycles. The standard InChI is InChI=1S/C30H31FN4O3/c1-30(2,3)38-29(36)34-17-25(20-37-19-21-7-5-4-6-8-21)35-26(18-34)27(22-13-15-32-16-14-22)28(33-35)23-9-11-24(31)12-10-23/h4-16,25H,17-20H2,1-3H3/t25-/m1/s1. The quantitative estimate of drug-likeness (QED) is 0.304. The van der Waals surface area contributed by atoms with Gasteiger partial charge in [-0.2, -0.15) is 5.10 Å². The molecule has 7 nitrogen and oxygen atoms in total. The minimum Gasteiger partial charge on any atom is -0.444 e. The van der Waals surface area contributed by atoms with E-state index in [0.717, 1.165) is 27.9 Å². The van der Waals surface area contributed by atoms with Crippen molar-refractivity contribution in [1.29, 1.82) is 0 Å². The molecule has 0 fully saturated rings. The highest BCUT2D eigenvalue weighted by atomic mass is 19.1. The van der Waals surface area contributed by atoms with E-state index in [-0.39, 0.29) is 18.0 Å². The maximum atomic E-state index is 13.8. The lowest BCUT2D eigenvalue weighted by Crippen LogP contribution is -2.45. The molecule has 5 rings (SSSR count). The molecule has 1 amide bonds. The Labute approximate surface area is 221 Å².